The number of carbonyl (C=O) groups is 2. The van der Waals surface area contributed by atoms with Crippen LogP contribution in [0.1, 0.15) is 29.3 Å². The molecular formula is C37H42F3N5O7. The Kier molecular flexibility index (Phi) is 11.6. The monoisotopic (exact) mass is 725 g/mol. The molecule has 2 aliphatic rings. The van der Waals surface area contributed by atoms with Crippen LogP contribution >= 0.6 is 0 Å². The highest BCUT2D eigenvalue weighted by Crippen LogP contribution is 2.33. The van der Waals surface area contributed by atoms with Crippen molar-refractivity contribution in [3.8, 4) is 11.5 Å². The molecule has 6 rings (SSSR count). The predicted molar refractivity (Wildman–Crippen MR) is 183 cm³/mol. The number of pyridine rings is 1. The summed E-state index contributed by atoms with van der Waals surface area (Å²) in [7, 11) is 1.54. The van der Waals surface area contributed by atoms with E-state index in [9.17, 15) is 33.0 Å². The molecule has 0 aliphatic carbocycles. The Hall–Kier alpha value is -4.70. The molecule has 15 heteroatoms. The Morgan fingerprint density at radius 3 is 2.71 bits per heavy atom. The number of aliphatic hydroxyl groups is 2. The molecule has 12 nitrogen and oxygen atoms in total. The largest absolute Gasteiger partial charge is 0.493 e. The van der Waals surface area contributed by atoms with Crippen molar-refractivity contribution in [2.45, 2.75) is 49.9 Å². The number of nitrogens with one attached hydrogen (secondary N) is 2. The highest BCUT2D eigenvalue weighted by Gasteiger charge is 2.38. The van der Waals surface area contributed by atoms with Crippen molar-refractivity contribution in [2.24, 2.45) is 5.92 Å². The van der Waals surface area contributed by atoms with Gasteiger partial charge in [-0.1, -0.05) is 36.4 Å². The number of piperazine rings is 1. The summed E-state index contributed by atoms with van der Waals surface area (Å²) >= 11 is 0. The van der Waals surface area contributed by atoms with Crippen LogP contribution in [0.5, 0.6) is 11.5 Å². The second-order valence-electron chi connectivity index (χ2n) is 13.2. The Labute approximate surface area is 298 Å². The molecule has 1 fully saturated rings. The lowest BCUT2D eigenvalue weighted by Gasteiger charge is -2.41. The number of carbonyl (C=O) groups excluding carboxylic acids is 2. The summed E-state index contributed by atoms with van der Waals surface area (Å²) in [6.45, 7) is -0.501. The van der Waals surface area contributed by atoms with Gasteiger partial charge in [-0.25, -0.2) is 0 Å². The number of hydrogen-bond donors (Lipinski definition) is 4. The summed E-state index contributed by atoms with van der Waals surface area (Å²) in [6, 6.07) is 16.2. The van der Waals surface area contributed by atoms with Crippen molar-refractivity contribution in [1.82, 2.24) is 25.4 Å². The lowest BCUT2D eigenvalue weighted by Crippen LogP contribution is -2.60. The van der Waals surface area contributed by atoms with Crippen LogP contribution in [0.3, 0.4) is 0 Å². The highest BCUT2D eigenvalue weighted by atomic mass is 19.4. The Balaban J connectivity index is 1.16. The summed E-state index contributed by atoms with van der Waals surface area (Å²) in [6.07, 6.45) is -3.31. The molecule has 0 saturated carbocycles. The van der Waals surface area contributed by atoms with E-state index in [2.05, 4.69) is 10.3 Å². The van der Waals surface area contributed by atoms with Crippen molar-refractivity contribution >= 4 is 22.8 Å². The van der Waals surface area contributed by atoms with Gasteiger partial charge in [-0.2, -0.15) is 13.2 Å². The quantitative estimate of drug-likeness (QED) is 0.162. The molecular weight excluding hydrogens is 683 g/mol. The topological polar surface area (TPSA) is 150 Å². The second-order valence-corrected chi connectivity index (χ2v) is 13.2. The number of rotatable bonds is 13. The molecule has 4 aromatic rings. The number of nitrogens with zero attached hydrogens (tertiary/aromatic N) is 3. The third kappa shape index (κ3) is 9.20. The van der Waals surface area contributed by atoms with Gasteiger partial charge in [-0.3, -0.25) is 24.4 Å². The highest BCUT2D eigenvalue weighted by molar-refractivity contribution is 5.84. The van der Waals surface area contributed by atoms with Crippen LogP contribution in [0, 0.1) is 5.92 Å². The van der Waals surface area contributed by atoms with Crippen LogP contribution in [-0.4, -0.2) is 108 Å². The standard InChI is InChI=1S/C37H42F3N5O7/c1-50-32-10-4-7-24-16-27(52-34(24)32)19-44-12-13-45(29(20-44)36(49)42-22-37(38,39)40)18-26(46)15-25(14-23-6-5-11-41-17-23)35(48)43-33-28-8-2-3-9-31(28)51-21-30(33)47/h2-11,16-17,25-26,29-30,33,46-47H,12-15,18-22H2,1H3,(H,42,49)(H,43,48)/t25-,26+,29+,30-,33+/m1/s1. The van der Waals surface area contributed by atoms with Crippen molar-refractivity contribution in [2.75, 3.05) is 46.4 Å². The number of ether oxygens (including phenoxy) is 2. The fourth-order valence-electron chi connectivity index (χ4n) is 6.89. The zero-order valence-corrected chi connectivity index (χ0v) is 28.6. The number of amides is 2. The molecule has 0 radical (unpaired) electrons. The summed E-state index contributed by atoms with van der Waals surface area (Å²) in [5.41, 5.74) is 1.95. The van der Waals surface area contributed by atoms with E-state index in [0.29, 0.717) is 41.5 Å². The molecule has 2 aliphatic heterocycles. The number of aliphatic hydroxyl groups excluding tert-OH is 2. The normalized spacial score (nSPS) is 20.8. The molecule has 4 N–H and O–H groups in total. The first-order valence-electron chi connectivity index (χ1n) is 17.1. The van der Waals surface area contributed by atoms with Gasteiger partial charge in [0, 0.05) is 55.4 Å². The maximum absolute atomic E-state index is 13.9. The maximum Gasteiger partial charge on any atom is 0.405 e. The van der Waals surface area contributed by atoms with Gasteiger partial charge >= 0.3 is 6.18 Å². The van der Waals surface area contributed by atoms with Crippen LogP contribution < -0.4 is 20.1 Å². The summed E-state index contributed by atoms with van der Waals surface area (Å²) in [4.78, 5) is 34.9. The molecule has 5 atom stereocenters. The van der Waals surface area contributed by atoms with Gasteiger partial charge < -0.3 is 34.7 Å². The van der Waals surface area contributed by atoms with Gasteiger partial charge in [0.05, 0.1) is 25.8 Å². The van der Waals surface area contributed by atoms with E-state index < -0.39 is 54.7 Å². The lowest BCUT2D eigenvalue weighted by atomic mass is 9.91. The third-order valence-electron chi connectivity index (χ3n) is 9.42. The SMILES string of the molecule is COc1cccc2cc(CN3CCN(C[C@@H](O)C[C@@H](Cc4cccnc4)C(=O)N[C@H]4c5ccccc5OC[C@H]4O)[C@H](C(=O)NCC(F)(F)F)C3)oc12. The Bertz CT molecular complexity index is 1820. The van der Waals surface area contributed by atoms with Crippen LogP contribution in [-0.2, 0) is 22.6 Å². The van der Waals surface area contributed by atoms with E-state index in [4.69, 9.17) is 13.9 Å². The van der Waals surface area contributed by atoms with Crippen LogP contribution in [0.15, 0.2) is 77.5 Å². The van der Waals surface area contributed by atoms with E-state index in [1.165, 1.54) is 7.11 Å². The zero-order chi connectivity index (χ0) is 36.8. The van der Waals surface area contributed by atoms with E-state index in [-0.39, 0.29) is 39.1 Å². The van der Waals surface area contributed by atoms with Gasteiger partial charge in [-0.15, -0.1) is 0 Å². The fraction of sp³-hybridized carbons (Fsp3) is 0.432. The molecule has 4 heterocycles. The van der Waals surface area contributed by atoms with Crippen molar-refractivity contribution in [3.05, 3.63) is 89.9 Å². The van der Waals surface area contributed by atoms with Crippen molar-refractivity contribution < 1.29 is 46.9 Å². The molecule has 0 spiro atoms. The number of aromatic nitrogens is 1. The molecule has 0 unspecified atom stereocenters. The smallest absolute Gasteiger partial charge is 0.405 e. The van der Waals surface area contributed by atoms with Crippen LogP contribution in [0.2, 0.25) is 0 Å². The number of methoxy groups -OCH3 is 1. The molecule has 0 bridgehead atoms. The maximum atomic E-state index is 13.9. The number of hydrogen-bond acceptors (Lipinski definition) is 10. The van der Waals surface area contributed by atoms with Gasteiger partial charge in [0.25, 0.3) is 0 Å². The minimum Gasteiger partial charge on any atom is -0.493 e. The fourth-order valence-corrected chi connectivity index (χ4v) is 6.89. The second kappa shape index (κ2) is 16.3. The molecule has 2 amide bonds. The van der Waals surface area contributed by atoms with E-state index in [0.717, 1.165) is 10.9 Å². The van der Waals surface area contributed by atoms with Gasteiger partial charge in [0.1, 0.15) is 36.8 Å². The van der Waals surface area contributed by atoms with Crippen molar-refractivity contribution in [3.63, 3.8) is 0 Å². The first-order chi connectivity index (χ1) is 25.0. The average molecular weight is 726 g/mol. The number of para-hydroxylation sites is 2. The summed E-state index contributed by atoms with van der Waals surface area (Å²) in [5.74, 6) is -0.283. The van der Waals surface area contributed by atoms with E-state index in [1.807, 2.05) is 34.5 Å². The zero-order valence-electron chi connectivity index (χ0n) is 28.6. The first-order valence-corrected chi connectivity index (χ1v) is 17.1. The number of alkyl halides is 3. The molecule has 278 valence electrons. The minimum atomic E-state index is -4.60. The van der Waals surface area contributed by atoms with Gasteiger partial charge in [0.2, 0.25) is 11.8 Å². The minimum absolute atomic E-state index is 0.00778. The molecule has 2 aromatic carbocycles. The molecule has 1 saturated heterocycles. The summed E-state index contributed by atoms with van der Waals surface area (Å²) < 4.78 is 56.4. The number of fused-ring (bicyclic) bond motifs is 2. The number of β-amino-alcohol motifs (C(OH)–C–C–N with tert-alkyl or cyclic N) is 1. The number of halogens is 3. The average Bonchev–Trinajstić information content (AvgIpc) is 3.55. The number of furan rings is 1. The van der Waals surface area contributed by atoms with E-state index >= 15 is 0 Å². The van der Waals surface area contributed by atoms with Crippen LogP contribution in [0.25, 0.3) is 11.0 Å². The van der Waals surface area contributed by atoms with E-state index in [1.54, 1.807) is 53.7 Å². The van der Waals surface area contributed by atoms with Crippen molar-refractivity contribution in [1.29, 1.82) is 0 Å². The Morgan fingerprint density at radius 1 is 1.12 bits per heavy atom. The lowest BCUT2D eigenvalue weighted by molar-refractivity contribution is -0.143. The van der Waals surface area contributed by atoms with Gasteiger partial charge in [0.15, 0.2) is 11.3 Å². The first kappa shape index (κ1) is 37.1. The predicted octanol–water partition coefficient (Wildman–Crippen LogP) is 3.22. The third-order valence-corrected chi connectivity index (χ3v) is 9.42. The Morgan fingerprint density at radius 2 is 1.94 bits per heavy atom. The van der Waals surface area contributed by atoms with Crippen LogP contribution in [0.4, 0.5) is 13.2 Å². The molecule has 52 heavy (non-hydrogen) atoms. The molecule has 2 aromatic heterocycles. The number of benzene rings is 2. The summed E-state index contributed by atoms with van der Waals surface area (Å²) in [5, 5.41) is 28.0. The van der Waals surface area contributed by atoms with Gasteiger partial charge in [-0.05, 0) is 42.7 Å².